The summed E-state index contributed by atoms with van der Waals surface area (Å²) in [6, 6.07) is 11.3. The van der Waals surface area contributed by atoms with Crippen LogP contribution < -0.4 is 10.5 Å². The number of aromatic nitrogens is 3. The van der Waals surface area contributed by atoms with Gasteiger partial charge in [0.15, 0.2) is 15.6 Å². The first-order chi connectivity index (χ1) is 19.5. The molecule has 0 aliphatic heterocycles. The minimum Gasteiger partial charge on any atom is -0.439 e. The number of fused-ring (bicyclic) bond motifs is 1. The predicted octanol–water partition coefficient (Wildman–Crippen LogP) is 5.84. The Morgan fingerprint density at radius 2 is 2.00 bits per heavy atom. The first-order valence-corrected chi connectivity index (χ1v) is 14.8. The number of sulfone groups is 1. The number of Topliss-reactive ketones (excluding diaryl/α,β-unsaturated/α-hetero) is 1. The number of nitrogens with two attached hydrogens (primary N) is 1. The number of alkyl halides is 1. The number of ether oxygens (including phenoxy) is 1. The number of benzene rings is 2. The Hall–Kier alpha value is -4.09. The van der Waals surface area contributed by atoms with Gasteiger partial charge in [-0.15, -0.1) is 0 Å². The summed E-state index contributed by atoms with van der Waals surface area (Å²) in [4.78, 5) is 17.7. The molecule has 0 amide bonds. The number of nitrogens with zero attached hydrogens (tertiary/aromatic N) is 3. The van der Waals surface area contributed by atoms with Crippen molar-refractivity contribution in [2.45, 2.75) is 25.5 Å². The van der Waals surface area contributed by atoms with Crippen molar-refractivity contribution in [3.05, 3.63) is 99.1 Å². The Morgan fingerprint density at radius 3 is 2.73 bits per heavy atom. The molecule has 1 aliphatic carbocycles. The second-order valence-electron chi connectivity index (χ2n) is 9.68. The average molecular weight is 599 g/mol. The molecule has 0 unspecified atom stereocenters. The van der Waals surface area contributed by atoms with E-state index in [1.165, 1.54) is 29.2 Å². The van der Waals surface area contributed by atoms with Crippen LogP contribution in [0.25, 0.3) is 11.8 Å². The Bertz CT molecular complexity index is 1800. The highest BCUT2D eigenvalue weighted by atomic mass is 35.5. The van der Waals surface area contributed by atoms with Gasteiger partial charge in [-0.25, -0.2) is 22.5 Å². The largest absolute Gasteiger partial charge is 0.439 e. The summed E-state index contributed by atoms with van der Waals surface area (Å²) >= 11 is 6.01. The van der Waals surface area contributed by atoms with Crippen molar-refractivity contribution in [2.24, 2.45) is 0 Å². The lowest BCUT2D eigenvalue weighted by Crippen LogP contribution is -2.11. The van der Waals surface area contributed by atoms with Gasteiger partial charge in [0.25, 0.3) is 0 Å². The van der Waals surface area contributed by atoms with Crippen LogP contribution in [-0.4, -0.2) is 41.4 Å². The Balaban J connectivity index is 1.34. The molecule has 0 spiro atoms. The van der Waals surface area contributed by atoms with Gasteiger partial charge in [-0.3, -0.25) is 9.18 Å². The highest BCUT2D eigenvalue weighted by molar-refractivity contribution is 7.90. The number of anilines is 1. The van der Waals surface area contributed by atoms with E-state index in [4.69, 9.17) is 22.1 Å². The third-order valence-corrected chi connectivity index (χ3v) is 8.53. The minimum absolute atomic E-state index is 0.0113. The van der Waals surface area contributed by atoms with E-state index >= 15 is 0 Å². The average Bonchev–Trinajstić information content (AvgIpc) is 3.50. The molecule has 41 heavy (non-hydrogen) atoms. The highest BCUT2D eigenvalue weighted by Crippen LogP contribution is 2.32. The molecule has 2 N–H and O–H groups in total. The number of carbonyl (C=O) groups excluding carboxylic acids is 1. The van der Waals surface area contributed by atoms with Crippen LogP contribution in [0.3, 0.4) is 0 Å². The predicted molar refractivity (Wildman–Crippen MR) is 153 cm³/mol. The van der Waals surface area contributed by atoms with Gasteiger partial charge in [-0.2, -0.15) is 5.10 Å². The fourth-order valence-corrected chi connectivity index (χ4v) is 6.17. The molecule has 212 valence electrons. The van der Waals surface area contributed by atoms with Crippen molar-refractivity contribution >= 4 is 39.1 Å². The maximum absolute atomic E-state index is 14.7. The summed E-state index contributed by atoms with van der Waals surface area (Å²) in [7, 11) is -3.67. The third kappa shape index (κ3) is 6.15. The summed E-state index contributed by atoms with van der Waals surface area (Å²) < 4.78 is 58.7. The van der Waals surface area contributed by atoms with Gasteiger partial charge < -0.3 is 10.5 Å². The second kappa shape index (κ2) is 11.4. The van der Waals surface area contributed by atoms with Crippen LogP contribution in [-0.2, 0) is 22.0 Å². The molecule has 5 rings (SSSR count). The van der Waals surface area contributed by atoms with E-state index in [-0.39, 0.29) is 41.3 Å². The van der Waals surface area contributed by atoms with E-state index in [1.807, 2.05) is 6.92 Å². The van der Waals surface area contributed by atoms with Crippen molar-refractivity contribution in [3.63, 3.8) is 0 Å². The smallest absolute Gasteiger partial charge is 0.219 e. The van der Waals surface area contributed by atoms with Crippen LogP contribution in [0, 0.1) is 12.7 Å². The number of hydrogen-bond donors (Lipinski definition) is 1. The van der Waals surface area contributed by atoms with Crippen LogP contribution in [0.4, 0.5) is 14.6 Å². The van der Waals surface area contributed by atoms with E-state index in [2.05, 4.69) is 10.1 Å². The number of carbonyl (C=O) groups is 1. The maximum atomic E-state index is 14.7. The summed E-state index contributed by atoms with van der Waals surface area (Å²) in [6.45, 7) is 1.06. The SMILES string of the molecule is Cc1cc(Oc2cccc(Cl)c2)ncc1-n1ncc(C(=O)C2=Cc3cc(F)c(CS(=O)(=O)CCCF)cc3C2)c1N. The molecular formula is C29H25ClF2N4O4S. The van der Waals surface area contributed by atoms with Gasteiger partial charge in [0.05, 0.1) is 41.8 Å². The molecule has 1 aliphatic rings. The lowest BCUT2D eigenvalue weighted by molar-refractivity contribution is 0.103. The van der Waals surface area contributed by atoms with Crippen molar-refractivity contribution in [2.75, 3.05) is 18.2 Å². The zero-order chi connectivity index (χ0) is 29.3. The van der Waals surface area contributed by atoms with Crippen LogP contribution >= 0.6 is 11.6 Å². The molecule has 0 atom stereocenters. The lowest BCUT2D eigenvalue weighted by Gasteiger charge is -2.11. The second-order valence-corrected chi connectivity index (χ2v) is 12.3. The van der Waals surface area contributed by atoms with Gasteiger partial charge in [-0.1, -0.05) is 23.7 Å². The van der Waals surface area contributed by atoms with Gasteiger partial charge in [0.2, 0.25) is 5.88 Å². The van der Waals surface area contributed by atoms with Crippen molar-refractivity contribution in [3.8, 4) is 17.3 Å². The Kier molecular flexibility index (Phi) is 7.92. The zero-order valence-electron chi connectivity index (χ0n) is 21.9. The summed E-state index contributed by atoms with van der Waals surface area (Å²) in [5, 5.41) is 4.83. The molecule has 4 aromatic rings. The fraction of sp³-hybridized carbons (Fsp3) is 0.207. The van der Waals surface area contributed by atoms with Crippen LogP contribution in [0.5, 0.6) is 11.6 Å². The molecule has 12 heteroatoms. The Labute approximate surface area is 240 Å². The summed E-state index contributed by atoms with van der Waals surface area (Å²) in [5.41, 5.74) is 9.24. The first kappa shape index (κ1) is 28.4. The zero-order valence-corrected chi connectivity index (χ0v) is 23.5. The van der Waals surface area contributed by atoms with E-state index in [9.17, 15) is 22.0 Å². The van der Waals surface area contributed by atoms with Gasteiger partial charge in [-0.05, 0) is 60.4 Å². The molecule has 8 nitrogen and oxygen atoms in total. The third-order valence-electron chi connectivity index (χ3n) is 6.63. The van der Waals surface area contributed by atoms with Gasteiger partial charge in [0.1, 0.15) is 17.4 Å². The van der Waals surface area contributed by atoms with Gasteiger partial charge in [0, 0.05) is 28.6 Å². The van der Waals surface area contributed by atoms with Crippen LogP contribution in [0.2, 0.25) is 5.02 Å². The van der Waals surface area contributed by atoms with Gasteiger partial charge >= 0.3 is 0 Å². The summed E-state index contributed by atoms with van der Waals surface area (Å²) in [5.74, 6) is -1.01. The van der Waals surface area contributed by atoms with Crippen molar-refractivity contribution < 1.29 is 26.7 Å². The Morgan fingerprint density at radius 1 is 1.20 bits per heavy atom. The molecule has 2 heterocycles. The number of hydrogen-bond acceptors (Lipinski definition) is 7. The van der Waals surface area contributed by atoms with Crippen LogP contribution in [0.15, 0.2) is 60.4 Å². The number of rotatable bonds is 10. The first-order valence-electron chi connectivity index (χ1n) is 12.6. The highest BCUT2D eigenvalue weighted by Gasteiger charge is 2.26. The molecule has 0 saturated carbocycles. The maximum Gasteiger partial charge on any atom is 0.219 e. The lowest BCUT2D eigenvalue weighted by atomic mass is 10.0. The fourth-order valence-electron chi connectivity index (χ4n) is 4.61. The number of nitrogen functional groups attached to an aromatic ring is 1. The van der Waals surface area contributed by atoms with E-state index in [0.29, 0.717) is 39.0 Å². The molecule has 0 radical (unpaired) electrons. The van der Waals surface area contributed by atoms with E-state index < -0.39 is 28.1 Å². The normalized spacial score (nSPS) is 12.7. The molecule has 0 bridgehead atoms. The molecule has 2 aromatic heterocycles. The quantitative estimate of drug-likeness (QED) is 0.228. The molecule has 0 saturated heterocycles. The number of aryl methyl sites for hydroxylation is 1. The molecule has 0 fully saturated rings. The van der Waals surface area contributed by atoms with Crippen LogP contribution in [0.1, 0.15) is 39.0 Å². The standard InChI is InChI=1S/C29H25ClF2N4O4S/c1-17-8-27(40-23-5-2-4-22(30)13-23)34-15-26(17)36-29(33)24(14-35-36)28(37)20-9-18-11-21(25(32)12-19(18)10-20)16-41(38,39)7-3-6-31/h2,4-5,8,10-15H,3,6-7,9,16,33H2,1H3. The molecular weight excluding hydrogens is 574 g/mol. The number of ketones is 1. The van der Waals surface area contributed by atoms with E-state index in [1.54, 1.807) is 36.4 Å². The minimum atomic E-state index is -3.67. The van der Waals surface area contributed by atoms with Crippen molar-refractivity contribution in [1.82, 2.24) is 14.8 Å². The molecule has 2 aromatic carbocycles. The van der Waals surface area contributed by atoms with E-state index in [0.717, 1.165) is 5.56 Å². The number of halogens is 3. The number of allylic oxidation sites excluding steroid dienone is 1. The number of pyridine rings is 1. The monoisotopic (exact) mass is 598 g/mol. The van der Waals surface area contributed by atoms with Crippen molar-refractivity contribution in [1.29, 1.82) is 0 Å². The topological polar surface area (TPSA) is 117 Å². The summed E-state index contributed by atoms with van der Waals surface area (Å²) in [6.07, 6.45) is 4.49.